The molecule has 0 spiro atoms. The van der Waals surface area contributed by atoms with Crippen LogP contribution in [0.3, 0.4) is 0 Å². The predicted octanol–water partition coefficient (Wildman–Crippen LogP) is 5.14. The second kappa shape index (κ2) is 6.90. The smallest absolute Gasteiger partial charge is 0.0503 e. The van der Waals surface area contributed by atoms with Gasteiger partial charge in [-0.1, -0.05) is 48.5 Å². The van der Waals surface area contributed by atoms with E-state index in [1.54, 1.807) is 0 Å². The number of nitrogens with one attached hydrogen (secondary N) is 1. The first kappa shape index (κ1) is 16.3. The molecule has 0 saturated carbocycles. The van der Waals surface area contributed by atoms with Crippen LogP contribution >= 0.6 is 0 Å². The molecule has 0 atom stereocenters. The monoisotopic (exact) mass is 317 g/mol. The fraction of sp³-hybridized carbons (Fsp3) is 0.182. The van der Waals surface area contributed by atoms with Gasteiger partial charge in [-0.2, -0.15) is 0 Å². The molecule has 1 heterocycles. The van der Waals surface area contributed by atoms with E-state index >= 15 is 0 Å². The van der Waals surface area contributed by atoms with Crippen LogP contribution in [0.25, 0.3) is 21.8 Å². The number of benzene rings is 3. The molecular formula is C22H23NO. The molecule has 0 fully saturated rings. The Labute approximate surface area is 142 Å². The summed E-state index contributed by atoms with van der Waals surface area (Å²) in [6, 6.07) is 21.6. The summed E-state index contributed by atoms with van der Waals surface area (Å²) in [5.74, 6) is 0. The van der Waals surface area contributed by atoms with Crippen LogP contribution in [-0.2, 0) is 6.42 Å². The summed E-state index contributed by atoms with van der Waals surface area (Å²) < 4.78 is 0. The first-order chi connectivity index (χ1) is 11.7. The van der Waals surface area contributed by atoms with Crippen LogP contribution in [0.15, 0.2) is 60.7 Å². The van der Waals surface area contributed by atoms with Crippen LogP contribution in [-0.4, -0.2) is 17.2 Å². The standard InChI is InChI=1S/C21H19N.CH4O/c1-14-12-19-17-10-6-7-11-20(17)22-21(19)18(15(14)2)13-16-8-4-3-5-9-16;1-2/h3-12,22H,13H2,1-2H3;2H,1H3. The summed E-state index contributed by atoms with van der Waals surface area (Å²) in [7, 11) is 1.00. The zero-order valence-electron chi connectivity index (χ0n) is 14.4. The first-order valence-electron chi connectivity index (χ1n) is 8.22. The van der Waals surface area contributed by atoms with Crippen molar-refractivity contribution in [1.29, 1.82) is 0 Å². The largest absolute Gasteiger partial charge is 0.400 e. The topological polar surface area (TPSA) is 36.0 Å². The van der Waals surface area contributed by atoms with Gasteiger partial charge in [-0.25, -0.2) is 0 Å². The van der Waals surface area contributed by atoms with Gasteiger partial charge in [0.1, 0.15) is 0 Å². The number of hydrogen-bond acceptors (Lipinski definition) is 1. The van der Waals surface area contributed by atoms with Crippen molar-refractivity contribution < 1.29 is 5.11 Å². The molecule has 122 valence electrons. The molecule has 4 rings (SSSR count). The summed E-state index contributed by atoms with van der Waals surface area (Å²) in [6.45, 7) is 4.45. The van der Waals surface area contributed by atoms with E-state index in [-0.39, 0.29) is 0 Å². The molecule has 0 radical (unpaired) electrons. The lowest BCUT2D eigenvalue weighted by molar-refractivity contribution is 0.399. The highest BCUT2D eigenvalue weighted by Gasteiger charge is 2.13. The Morgan fingerprint density at radius 2 is 1.50 bits per heavy atom. The van der Waals surface area contributed by atoms with Gasteiger partial charge in [0.25, 0.3) is 0 Å². The minimum absolute atomic E-state index is 0.970. The summed E-state index contributed by atoms with van der Waals surface area (Å²) in [5.41, 5.74) is 8.03. The van der Waals surface area contributed by atoms with E-state index in [0.717, 1.165) is 13.5 Å². The maximum absolute atomic E-state index is 7.00. The van der Waals surface area contributed by atoms with Crippen molar-refractivity contribution in [1.82, 2.24) is 4.98 Å². The number of fused-ring (bicyclic) bond motifs is 3. The zero-order valence-corrected chi connectivity index (χ0v) is 14.4. The van der Waals surface area contributed by atoms with Gasteiger partial charge in [0.2, 0.25) is 0 Å². The van der Waals surface area contributed by atoms with Gasteiger partial charge in [-0.15, -0.1) is 0 Å². The fourth-order valence-corrected chi connectivity index (χ4v) is 3.32. The molecule has 0 saturated heterocycles. The molecule has 3 aromatic carbocycles. The molecular weight excluding hydrogens is 294 g/mol. The quantitative estimate of drug-likeness (QED) is 0.528. The van der Waals surface area contributed by atoms with Crippen LogP contribution in [0.5, 0.6) is 0 Å². The van der Waals surface area contributed by atoms with Crippen LogP contribution in [0.4, 0.5) is 0 Å². The molecule has 24 heavy (non-hydrogen) atoms. The Bertz CT molecular complexity index is 968. The third-order valence-electron chi connectivity index (χ3n) is 4.68. The Kier molecular flexibility index (Phi) is 4.68. The molecule has 2 heteroatoms. The summed E-state index contributed by atoms with van der Waals surface area (Å²) in [4.78, 5) is 3.63. The number of aliphatic hydroxyl groups excluding tert-OH is 1. The van der Waals surface area contributed by atoms with E-state index in [1.165, 1.54) is 44.1 Å². The SMILES string of the molecule is CO.Cc1cc2c([nH]c3ccccc32)c(Cc2ccccc2)c1C. The van der Waals surface area contributed by atoms with Crippen molar-refractivity contribution in [3.05, 3.63) is 82.9 Å². The van der Waals surface area contributed by atoms with E-state index < -0.39 is 0 Å². The molecule has 0 aliphatic carbocycles. The second-order valence-electron chi connectivity index (χ2n) is 6.05. The fourth-order valence-electron chi connectivity index (χ4n) is 3.32. The summed E-state index contributed by atoms with van der Waals surface area (Å²) >= 11 is 0. The van der Waals surface area contributed by atoms with Gasteiger partial charge in [0.05, 0.1) is 5.52 Å². The number of hydrogen-bond donors (Lipinski definition) is 2. The normalized spacial score (nSPS) is 10.7. The van der Waals surface area contributed by atoms with Gasteiger partial charge in [0, 0.05) is 23.4 Å². The lowest BCUT2D eigenvalue weighted by atomic mass is 9.94. The molecule has 0 aliphatic rings. The molecule has 2 nitrogen and oxygen atoms in total. The number of aromatic amines is 1. The highest BCUT2D eigenvalue weighted by atomic mass is 16.2. The lowest BCUT2D eigenvalue weighted by Gasteiger charge is -2.11. The minimum Gasteiger partial charge on any atom is -0.400 e. The molecule has 4 aromatic rings. The van der Waals surface area contributed by atoms with E-state index in [4.69, 9.17) is 5.11 Å². The van der Waals surface area contributed by atoms with Gasteiger partial charge < -0.3 is 10.1 Å². The Morgan fingerprint density at radius 3 is 2.25 bits per heavy atom. The van der Waals surface area contributed by atoms with Crippen molar-refractivity contribution in [3.63, 3.8) is 0 Å². The molecule has 0 aliphatic heterocycles. The molecule has 2 N–H and O–H groups in total. The average Bonchev–Trinajstić information content (AvgIpc) is 3.00. The number of H-pyrrole nitrogens is 1. The Morgan fingerprint density at radius 1 is 0.833 bits per heavy atom. The number of para-hydroxylation sites is 1. The molecule has 0 unspecified atom stereocenters. The van der Waals surface area contributed by atoms with Crippen molar-refractivity contribution >= 4 is 21.8 Å². The second-order valence-corrected chi connectivity index (χ2v) is 6.05. The maximum Gasteiger partial charge on any atom is 0.0503 e. The van der Waals surface area contributed by atoms with Crippen LogP contribution in [0.2, 0.25) is 0 Å². The minimum atomic E-state index is 0.970. The van der Waals surface area contributed by atoms with Crippen LogP contribution < -0.4 is 0 Å². The van der Waals surface area contributed by atoms with Crippen molar-refractivity contribution in [2.75, 3.05) is 7.11 Å². The molecule has 1 aromatic heterocycles. The first-order valence-corrected chi connectivity index (χ1v) is 8.22. The van der Waals surface area contributed by atoms with Gasteiger partial charge in [0.15, 0.2) is 0 Å². The van der Waals surface area contributed by atoms with E-state index in [2.05, 4.69) is 79.5 Å². The third-order valence-corrected chi connectivity index (χ3v) is 4.68. The van der Waals surface area contributed by atoms with Crippen molar-refractivity contribution in [2.45, 2.75) is 20.3 Å². The Balaban J connectivity index is 0.000000815. The van der Waals surface area contributed by atoms with E-state index in [9.17, 15) is 0 Å². The predicted molar refractivity (Wildman–Crippen MR) is 103 cm³/mol. The summed E-state index contributed by atoms with van der Waals surface area (Å²) in [5, 5.41) is 9.65. The maximum atomic E-state index is 7.00. The molecule has 0 bridgehead atoms. The zero-order chi connectivity index (χ0) is 17.1. The summed E-state index contributed by atoms with van der Waals surface area (Å²) in [6.07, 6.45) is 0.970. The van der Waals surface area contributed by atoms with Crippen LogP contribution in [0, 0.1) is 13.8 Å². The third kappa shape index (κ3) is 2.81. The van der Waals surface area contributed by atoms with Crippen LogP contribution in [0.1, 0.15) is 22.3 Å². The van der Waals surface area contributed by atoms with Crippen molar-refractivity contribution in [3.8, 4) is 0 Å². The van der Waals surface area contributed by atoms with E-state index in [0.29, 0.717) is 0 Å². The van der Waals surface area contributed by atoms with Gasteiger partial charge in [-0.3, -0.25) is 0 Å². The molecule has 0 amide bonds. The van der Waals surface area contributed by atoms with Gasteiger partial charge in [-0.05, 0) is 54.7 Å². The number of aromatic nitrogens is 1. The average molecular weight is 317 g/mol. The highest BCUT2D eigenvalue weighted by Crippen LogP contribution is 2.32. The number of aryl methyl sites for hydroxylation is 1. The van der Waals surface area contributed by atoms with E-state index in [1.807, 2.05) is 0 Å². The lowest BCUT2D eigenvalue weighted by Crippen LogP contribution is -1.96. The Hall–Kier alpha value is -2.58. The number of rotatable bonds is 2. The number of aliphatic hydroxyl groups is 1. The highest BCUT2D eigenvalue weighted by molar-refractivity contribution is 6.08. The van der Waals surface area contributed by atoms with Crippen molar-refractivity contribution in [2.24, 2.45) is 0 Å². The van der Waals surface area contributed by atoms with Gasteiger partial charge >= 0.3 is 0 Å².